The molecule has 0 aromatic rings. The number of piperazine rings is 1. The van der Waals surface area contributed by atoms with Gasteiger partial charge in [-0.25, -0.2) is 8.42 Å². The second-order valence-corrected chi connectivity index (χ2v) is 6.94. The molecule has 1 aliphatic heterocycles. The summed E-state index contributed by atoms with van der Waals surface area (Å²) in [5, 5.41) is 3.15. The molecule has 2 aliphatic rings. The summed E-state index contributed by atoms with van der Waals surface area (Å²) in [6.07, 6.45) is 1.70. The molecule has 14 heavy (non-hydrogen) atoms. The van der Waals surface area contributed by atoms with Crippen molar-refractivity contribution in [2.75, 3.05) is 19.6 Å². The lowest BCUT2D eigenvalue weighted by molar-refractivity contribution is 0.185. The first-order valence-electron chi connectivity index (χ1n) is 5.17. The van der Waals surface area contributed by atoms with E-state index >= 15 is 0 Å². The number of nitrogens with zero attached hydrogens (tertiary/aromatic N) is 1. The molecule has 0 unspecified atom stereocenters. The first kappa shape index (κ1) is 10.4. The highest BCUT2D eigenvalue weighted by atomic mass is 32.2. The fraction of sp³-hybridized carbons (Fsp3) is 1.00. The van der Waals surface area contributed by atoms with Crippen molar-refractivity contribution in [3.63, 3.8) is 0 Å². The molecule has 1 saturated heterocycles. The minimum absolute atomic E-state index is 0.0834. The molecule has 0 aromatic heterocycles. The van der Waals surface area contributed by atoms with E-state index in [2.05, 4.69) is 5.32 Å². The second kappa shape index (κ2) is 3.18. The van der Waals surface area contributed by atoms with Crippen LogP contribution in [0.2, 0.25) is 0 Å². The van der Waals surface area contributed by atoms with Crippen LogP contribution in [-0.2, 0) is 10.0 Å². The topological polar surface area (TPSA) is 49.4 Å². The second-order valence-electron chi connectivity index (χ2n) is 4.81. The van der Waals surface area contributed by atoms with E-state index in [1.54, 1.807) is 4.31 Å². The van der Waals surface area contributed by atoms with Crippen molar-refractivity contribution in [1.29, 1.82) is 0 Å². The van der Waals surface area contributed by atoms with Gasteiger partial charge in [0, 0.05) is 25.2 Å². The minimum atomic E-state index is -3.00. The number of rotatable bonds is 2. The summed E-state index contributed by atoms with van der Waals surface area (Å²) < 4.78 is 25.8. The Morgan fingerprint density at radius 2 is 2.00 bits per heavy atom. The third-order valence-corrected chi connectivity index (χ3v) is 5.58. The van der Waals surface area contributed by atoms with E-state index in [4.69, 9.17) is 0 Å². The summed E-state index contributed by atoms with van der Waals surface area (Å²) in [5.41, 5.74) is -0.264. The zero-order valence-corrected chi connectivity index (χ0v) is 9.60. The third-order valence-electron chi connectivity index (χ3n) is 2.98. The average molecular weight is 218 g/mol. The fourth-order valence-corrected chi connectivity index (χ4v) is 4.17. The summed E-state index contributed by atoms with van der Waals surface area (Å²) in [7, 11) is -3.00. The van der Waals surface area contributed by atoms with E-state index in [-0.39, 0.29) is 10.8 Å². The van der Waals surface area contributed by atoms with Crippen LogP contribution in [0.3, 0.4) is 0 Å². The summed E-state index contributed by atoms with van der Waals surface area (Å²) in [6.45, 7) is 6.11. The highest BCUT2D eigenvalue weighted by Crippen LogP contribution is 2.34. The molecule has 1 heterocycles. The lowest BCUT2D eigenvalue weighted by Gasteiger charge is -2.41. The van der Waals surface area contributed by atoms with Crippen molar-refractivity contribution in [2.24, 2.45) is 0 Å². The Morgan fingerprint density at radius 3 is 2.50 bits per heavy atom. The summed E-state index contributed by atoms with van der Waals surface area (Å²) in [6, 6.07) is 0. The zero-order chi connectivity index (χ0) is 10.4. The monoisotopic (exact) mass is 218 g/mol. The van der Waals surface area contributed by atoms with Crippen LogP contribution >= 0.6 is 0 Å². The molecule has 5 heteroatoms. The Morgan fingerprint density at radius 1 is 1.36 bits per heavy atom. The van der Waals surface area contributed by atoms with Gasteiger partial charge >= 0.3 is 0 Å². The molecule has 1 saturated carbocycles. The predicted molar refractivity (Wildman–Crippen MR) is 55.6 cm³/mol. The molecule has 0 radical (unpaired) electrons. The molecule has 0 atom stereocenters. The Hall–Kier alpha value is -0.130. The van der Waals surface area contributed by atoms with Gasteiger partial charge in [0.25, 0.3) is 0 Å². The first-order chi connectivity index (χ1) is 6.44. The van der Waals surface area contributed by atoms with Crippen molar-refractivity contribution in [1.82, 2.24) is 9.62 Å². The van der Waals surface area contributed by atoms with Crippen LogP contribution in [0.15, 0.2) is 0 Å². The maximum Gasteiger partial charge on any atom is 0.217 e. The quantitative estimate of drug-likeness (QED) is 0.718. The van der Waals surface area contributed by atoms with Gasteiger partial charge in [0.05, 0.1) is 5.25 Å². The van der Waals surface area contributed by atoms with E-state index in [1.807, 2.05) is 13.8 Å². The molecule has 0 amide bonds. The Bertz CT molecular complexity index is 320. The van der Waals surface area contributed by atoms with Gasteiger partial charge in [-0.1, -0.05) is 0 Å². The molecular weight excluding hydrogens is 200 g/mol. The van der Waals surface area contributed by atoms with Crippen LogP contribution in [0.25, 0.3) is 0 Å². The highest BCUT2D eigenvalue weighted by Gasteiger charge is 2.46. The van der Waals surface area contributed by atoms with Gasteiger partial charge in [0.15, 0.2) is 0 Å². The maximum absolute atomic E-state index is 12.1. The molecule has 1 aliphatic carbocycles. The summed E-state index contributed by atoms with van der Waals surface area (Å²) in [4.78, 5) is 0. The van der Waals surface area contributed by atoms with Crippen molar-refractivity contribution in [2.45, 2.75) is 37.5 Å². The molecule has 4 nitrogen and oxygen atoms in total. The highest BCUT2D eigenvalue weighted by molar-refractivity contribution is 7.90. The number of nitrogens with one attached hydrogen (secondary N) is 1. The van der Waals surface area contributed by atoms with Crippen LogP contribution in [0.5, 0.6) is 0 Å². The van der Waals surface area contributed by atoms with E-state index in [0.717, 1.165) is 25.9 Å². The predicted octanol–water partition coefficient (Wildman–Crippen LogP) is 0.162. The fourth-order valence-electron chi connectivity index (χ4n) is 1.98. The Labute approximate surface area is 85.7 Å². The van der Waals surface area contributed by atoms with Gasteiger partial charge in [0.2, 0.25) is 10.0 Å². The summed E-state index contributed by atoms with van der Waals surface area (Å²) in [5.74, 6) is 0. The van der Waals surface area contributed by atoms with E-state index in [0.29, 0.717) is 6.54 Å². The van der Waals surface area contributed by atoms with Crippen molar-refractivity contribution in [3.05, 3.63) is 0 Å². The van der Waals surface area contributed by atoms with Crippen LogP contribution in [-0.4, -0.2) is 43.1 Å². The number of sulfonamides is 1. The Kier molecular flexibility index (Phi) is 2.36. The molecule has 0 spiro atoms. The van der Waals surface area contributed by atoms with Crippen molar-refractivity contribution in [3.8, 4) is 0 Å². The van der Waals surface area contributed by atoms with Gasteiger partial charge in [0.1, 0.15) is 0 Å². The number of hydrogen-bond donors (Lipinski definition) is 1. The summed E-state index contributed by atoms with van der Waals surface area (Å²) >= 11 is 0. The van der Waals surface area contributed by atoms with Crippen LogP contribution < -0.4 is 5.32 Å². The van der Waals surface area contributed by atoms with E-state index < -0.39 is 10.0 Å². The maximum atomic E-state index is 12.1. The average Bonchev–Trinajstić information content (AvgIpc) is 2.84. The smallest absolute Gasteiger partial charge is 0.217 e. The Balaban J connectivity index is 2.23. The lowest BCUT2D eigenvalue weighted by atomic mass is 10.0. The van der Waals surface area contributed by atoms with Gasteiger partial charge in [-0.2, -0.15) is 4.31 Å². The van der Waals surface area contributed by atoms with Crippen LogP contribution in [0.1, 0.15) is 26.7 Å². The molecule has 82 valence electrons. The van der Waals surface area contributed by atoms with Crippen molar-refractivity contribution < 1.29 is 8.42 Å². The third kappa shape index (κ3) is 1.68. The number of hydrogen-bond acceptors (Lipinski definition) is 3. The van der Waals surface area contributed by atoms with Crippen molar-refractivity contribution >= 4 is 10.0 Å². The minimum Gasteiger partial charge on any atom is -0.314 e. The van der Waals surface area contributed by atoms with E-state index in [9.17, 15) is 8.42 Å². The van der Waals surface area contributed by atoms with Gasteiger partial charge in [-0.3, -0.25) is 0 Å². The largest absolute Gasteiger partial charge is 0.314 e. The standard InChI is InChI=1S/C9H18N2O2S/c1-9(2)7-10-5-6-11(9)14(12,13)8-3-4-8/h8,10H,3-7H2,1-2H3. The van der Waals surface area contributed by atoms with Gasteiger partial charge < -0.3 is 5.32 Å². The lowest BCUT2D eigenvalue weighted by Crippen LogP contribution is -2.60. The molecule has 1 N–H and O–H groups in total. The molecular formula is C9H18N2O2S. The first-order valence-corrected chi connectivity index (χ1v) is 6.67. The van der Waals surface area contributed by atoms with Crippen LogP contribution in [0, 0.1) is 0 Å². The van der Waals surface area contributed by atoms with Crippen LogP contribution in [0.4, 0.5) is 0 Å². The zero-order valence-electron chi connectivity index (χ0n) is 8.78. The normalized spacial score (nSPS) is 29.0. The molecule has 0 bridgehead atoms. The molecule has 2 rings (SSSR count). The molecule has 2 fully saturated rings. The SMILES string of the molecule is CC1(C)CNCCN1S(=O)(=O)C1CC1. The van der Waals surface area contributed by atoms with Gasteiger partial charge in [-0.05, 0) is 26.7 Å². The van der Waals surface area contributed by atoms with E-state index in [1.165, 1.54) is 0 Å². The molecule has 0 aromatic carbocycles. The van der Waals surface area contributed by atoms with Gasteiger partial charge in [-0.15, -0.1) is 0 Å².